The van der Waals surface area contributed by atoms with Crippen LogP contribution in [-0.2, 0) is 9.53 Å². The Morgan fingerprint density at radius 3 is 1.86 bits per heavy atom. The zero-order valence-electron chi connectivity index (χ0n) is 9.97. The molecule has 0 fully saturated rings. The number of carbonyl (C=O) groups excluding carboxylic acids is 1. The summed E-state index contributed by atoms with van der Waals surface area (Å²) in [6.45, 7) is 12.2. The molecule has 2 heteroatoms. The molecule has 0 radical (unpaired) electrons. The Morgan fingerprint density at radius 2 is 1.57 bits per heavy atom. The van der Waals surface area contributed by atoms with Crippen LogP contribution < -0.4 is 0 Å². The van der Waals surface area contributed by atoms with Crippen LogP contribution in [0.25, 0.3) is 0 Å². The maximum atomic E-state index is 11.7. The number of hydrogen-bond donors (Lipinski definition) is 0. The van der Waals surface area contributed by atoms with Crippen molar-refractivity contribution < 1.29 is 9.53 Å². The first kappa shape index (κ1) is 11.3. The van der Waals surface area contributed by atoms with Crippen LogP contribution in [0.3, 0.4) is 0 Å². The summed E-state index contributed by atoms with van der Waals surface area (Å²) in [6.07, 6.45) is 0. The molecule has 0 saturated heterocycles. The van der Waals surface area contributed by atoms with E-state index >= 15 is 0 Å². The molecule has 1 aliphatic rings. The lowest BCUT2D eigenvalue weighted by Crippen LogP contribution is -2.25. The molecule has 0 N–H and O–H groups in total. The highest BCUT2D eigenvalue weighted by molar-refractivity contribution is 5.93. The molecule has 1 aliphatic heterocycles. The summed E-state index contributed by atoms with van der Waals surface area (Å²) in [7, 11) is 0. The average Bonchev–Trinajstić information content (AvgIpc) is 2.19. The van der Waals surface area contributed by atoms with Gasteiger partial charge < -0.3 is 4.74 Å². The zero-order chi connectivity index (χ0) is 11.1. The zero-order valence-corrected chi connectivity index (χ0v) is 9.97. The Morgan fingerprint density at radius 1 is 1.07 bits per heavy atom. The van der Waals surface area contributed by atoms with Gasteiger partial charge in [-0.15, -0.1) is 0 Å². The van der Waals surface area contributed by atoms with Gasteiger partial charge in [0.1, 0.15) is 5.60 Å². The molecule has 0 atom stereocenters. The Bertz CT molecular complexity index is 283. The van der Waals surface area contributed by atoms with Gasteiger partial charge in [-0.1, -0.05) is 27.7 Å². The normalized spacial score (nSPS) is 21.0. The van der Waals surface area contributed by atoms with Gasteiger partial charge in [0.05, 0.1) is 0 Å². The van der Waals surface area contributed by atoms with E-state index < -0.39 is 5.60 Å². The van der Waals surface area contributed by atoms with Crippen molar-refractivity contribution in [1.29, 1.82) is 0 Å². The fourth-order valence-electron chi connectivity index (χ4n) is 2.33. The Labute approximate surface area is 86.3 Å². The lowest BCUT2D eigenvalue weighted by Gasteiger charge is -2.24. The summed E-state index contributed by atoms with van der Waals surface area (Å²) >= 11 is 0. The van der Waals surface area contributed by atoms with Gasteiger partial charge in [-0.05, 0) is 31.3 Å². The van der Waals surface area contributed by atoms with Crippen LogP contribution in [0.1, 0.15) is 41.5 Å². The molecule has 0 amide bonds. The van der Waals surface area contributed by atoms with Crippen molar-refractivity contribution in [2.45, 2.75) is 47.1 Å². The van der Waals surface area contributed by atoms with Gasteiger partial charge in [0, 0.05) is 5.57 Å². The largest absolute Gasteiger partial charge is 0.452 e. The average molecular weight is 196 g/mol. The lowest BCUT2D eigenvalue weighted by molar-refractivity contribution is -0.145. The van der Waals surface area contributed by atoms with Gasteiger partial charge >= 0.3 is 5.97 Å². The minimum absolute atomic E-state index is 0.131. The molecule has 0 bridgehead atoms. The van der Waals surface area contributed by atoms with Crippen LogP contribution in [0.4, 0.5) is 0 Å². The quantitative estimate of drug-likeness (QED) is 0.635. The molecular formula is C12H20O2. The summed E-state index contributed by atoms with van der Waals surface area (Å²) in [5.41, 5.74) is 1.63. The highest BCUT2D eigenvalue weighted by Crippen LogP contribution is 2.39. The summed E-state index contributed by atoms with van der Waals surface area (Å²) < 4.78 is 5.38. The molecule has 0 unspecified atom stereocenters. The van der Waals surface area contributed by atoms with Crippen LogP contribution in [-0.4, -0.2) is 11.6 Å². The molecule has 14 heavy (non-hydrogen) atoms. The smallest absolute Gasteiger partial charge is 0.335 e. The third-order valence-electron chi connectivity index (χ3n) is 2.66. The number of rotatable bonds is 2. The SMILES string of the molecule is CC(C)C1=C(C(C)C)C(C)(C)OC1=O. The van der Waals surface area contributed by atoms with Crippen LogP contribution in [0.15, 0.2) is 11.1 Å². The van der Waals surface area contributed by atoms with Crippen molar-refractivity contribution in [3.8, 4) is 0 Å². The Kier molecular flexibility index (Phi) is 2.75. The van der Waals surface area contributed by atoms with Gasteiger partial charge in [-0.3, -0.25) is 0 Å². The Balaban J connectivity index is 3.25. The van der Waals surface area contributed by atoms with Gasteiger partial charge in [-0.2, -0.15) is 0 Å². The second-order valence-corrected chi connectivity index (χ2v) is 5.04. The summed E-state index contributed by atoms with van der Waals surface area (Å²) in [6, 6.07) is 0. The van der Waals surface area contributed by atoms with E-state index in [0.717, 1.165) is 11.1 Å². The van der Waals surface area contributed by atoms with E-state index in [4.69, 9.17) is 4.74 Å². The van der Waals surface area contributed by atoms with Crippen molar-refractivity contribution in [3.05, 3.63) is 11.1 Å². The number of esters is 1. The summed E-state index contributed by atoms with van der Waals surface area (Å²) in [5.74, 6) is 0.490. The predicted molar refractivity (Wildman–Crippen MR) is 56.9 cm³/mol. The molecule has 0 spiro atoms. The van der Waals surface area contributed by atoms with Gasteiger partial charge in [0.25, 0.3) is 0 Å². The van der Waals surface area contributed by atoms with Gasteiger partial charge in [0.2, 0.25) is 0 Å². The highest BCUT2D eigenvalue weighted by Gasteiger charge is 2.41. The fraction of sp³-hybridized carbons (Fsp3) is 0.750. The molecule has 1 rings (SSSR count). The lowest BCUT2D eigenvalue weighted by atomic mass is 9.83. The summed E-state index contributed by atoms with van der Waals surface area (Å²) in [4.78, 5) is 11.7. The number of ether oxygens (including phenoxy) is 1. The third kappa shape index (κ3) is 1.70. The topological polar surface area (TPSA) is 26.3 Å². The molecule has 0 aliphatic carbocycles. The number of carbonyl (C=O) groups is 1. The van der Waals surface area contributed by atoms with Crippen LogP contribution in [0.5, 0.6) is 0 Å². The van der Waals surface area contributed by atoms with E-state index in [1.165, 1.54) is 0 Å². The molecule has 80 valence electrons. The first-order valence-corrected chi connectivity index (χ1v) is 5.25. The molecule has 1 heterocycles. The molecule has 0 saturated carbocycles. The second kappa shape index (κ2) is 3.41. The van der Waals surface area contributed by atoms with E-state index in [-0.39, 0.29) is 11.9 Å². The van der Waals surface area contributed by atoms with Crippen molar-refractivity contribution >= 4 is 5.97 Å². The maximum absolute atomic E-state index is 11.7. The van der Waals surface area contributed by atoms with Crippen molar-refractivity contribution in [2.75, 3.05) is 0 Å². The molecule has 0 aromatic heterocycles. The summed E-state index contributed by atoms with van der Waals surface area (Å²) in [5, 5.41) is 0. The number of hydrogen-bond acceptors (Lipinski definition) is 2. The van der Waals surface area contributed by atoms with E-state index in [1.807, 2.05) is 27.7 Å². The minimum atomic E-state index is -0.412. The fourth-order valence-corrected chi connectivity index (χ4v) is 2.33. The highest BCUT2D eigenvalue weighted by atomic mass is 16.6. The molecular weight excluding hydrogens is 176 g/mol. The first-order valence-electron chi connectivity index (χ1n) is 5.25. The van der Waals surface area contributed by atoms with Crippen molar-refractivity contribution in [3.63, 3.8) is 0 Å². The number of cyclic esters (lactones) is 1. The molecule has 0 aromatic rings. The predicted octanol–water partition coefficient (Wildman–Crippen LogP) is 2.93. The van der Waals surface area contributed by atoms with E-state index in [0.29, 0.717) is 5.92 Å². The monoisotopic (exact) mass is 196 g/mol. The van der Waals surface area contributed by atoms with Gasteiger partial charge in [-0.25, -0.2) is 4.79 Å². The molecule has 0 aromatic carbocycles. The standard InChI is InChI=1S/C12H20O2/c1-7(2)9-10(8(3)4)12(5,6)14-11(9)13/h7-8H,1-6H3. The van der Waals surface area contributed by atoms with Gasteiger partial charge in [0.15, 0.2) is 0 Å². The second-order valence-electron chi connectivity index (χ2n) is 5.04. The molecule has 2 nitrogen and oxygen atoms in total. The van der Waals surface area contributed by atoms with E-state index in [1.54, 1.807) is 0 Å². The van der Waals surface area contributed by atoms with E-state index in [9.17, 15) is 4.79 Å². The Hall–Kier alpha value is -0.790. The van der Waals surface area contributed by atoms with Crippen LogP contribution >= 0.6 is 0 Å². The van der Waals surface area contributed by atoms with Crippen LogP contribution in [0.2, 0.25) is 0 Å². The van der Waals surface area contributed by atoms with Crippen molar-refractivity contribution in [1.82, 2.24) is 0 Å². The first-order chi connectivity index (χ1) is 6.27. The van der Waals surface area contributed by atoms with Crippen LogP contribution in [0, 0.1) is 11.8 Å². The van der Waals surface area contributed by atoms with E-state index in [2.05, 4.69) is 13.8 Å². The third-order valence-corrected chi connectivity index (χ3v) is 2.66. The maximum Gasteiger partial charge on any atom is 0.335 e. The minimum Gasteiger partial charge on any atom is -0.452 e. The van der Waals surface area contributed by atoms with Crippen molar-refractivity contribution in [2.24, 2.45) is 11.8 Å².